The van der Waals surface area contributed by atoms with Crippen LogP contribution in [-0.4, -0.2) is 76.4 Å². The Labute approximate surface area is 192 Å². The minimum Gasteiger partial charge on any atom is -0.360 e. The number of benzene rings is 1. The number of nitrogens with one attached hydrogen (secondary N) is 1. The number of likely N-dealkylation sites (tertiary alicyclic amines) is 1. The first-order valence-electron chi connectivity index (χ1n) is 11.5. The van der Waals surface area contributed by atoms with Crippen molar-refractivity contribution in [2.24, 2.45) is 5.92 Å². The summed E-state index contributed by atoms with van der Waals surface area (Å²) in [5.74, 6) is 1.42. The maximum atomic E-state index is 13.3. The molecule has 1 unspecified atom stereocenters. The van der Waals surface area contributed by atoms with Crippen LogP contribution in [0, 0.1) is 16.0 Å². The lowest BCUT2D eigenvalue weighted by molar-refractivity contribution is -0.384. The van der Waals surface area contributed by atoms with E-state index in [-0.39, 0.29) is 11.6 Å². The molecule has 2 aliphatic heterocycles. The van der Waals surface area contributed by atoms with E-state index in [9.17, 15) is 14.9 Å². The van der Waals surface area contributed by atoms with Crippen LogP contribution in [-0.2, 0) is 0 Å². The summed E-state index contributed by atoms with van der Waals surface area (Å²) >= 11 is 0. The van der Waals surface area contributed by atoms with Crippen LogP contribution >= 0.6 is 0 Å². The van der Waals surface area contributed by atoms with E-state index in [2.05, 4.69) is 25.8 Å². The third-order valence-corrected chi connectivity index (χ3v) is 6.77. The number of nitro benzene ring substituents is 1. The zero-order valence-electron chi connectivity index (χ0n) is 18.5. The summed E-state index contributed by atoms with van der Waals surface area (Å²) in [5.41, 5.74) is 1.25. The number of piperidine rings is 1. The van der Waals surface area contributed by atoms with Crippen molar-refractivity contribution in [3.8, 4) is 0 Å². The van der Waals surface area contributed by atoms with Gasteiger partial charge in [-0.3, -0.25) is 19.8 Å². The summed E-state index contributed by atoms with van der Waals surface area (Å²) in [7, 11) is 0. The molecular weight excluding hydrogens is 420 g/mol. The molecule has 2 aliphatic rings. The number of carbonyl (C=O) groups is 1. The van der Waals surface area contributed by atoms with Gasteiger partial charge in [0.05, 0.1) is 10.5 Å². The van der Waals surface area contributed by atoms with Crippen molar-refractivity contribution in [1.29, 1.82) is 0 Å². The molecule has 2 aromatic heterocycles. The number of amides is 1. The number of aromatic amines is 1. The first-order valence-corrected chi connectivity index (χ1v) is 11.5. The third-order valence-electron chi connectivity index (χ3n) is 6.77. The first-order chi connectivity index (χ1) is 16.1. The van der Waals surface area contributed by atoms with E-state index in [0.717, 1.165) is 70.0 Å². The lowest BCUT2D eigenvalue weighted by Gasteiger charge is -2.39. The molecule has 172 valence electrons. The summed E-state index contributed by atoms with van der Waals surface area (Å²) in [6, 6.07) is 10.6. The smallest absolute Gasteiger partial charge is 0.270 e. The van der Waals surface area contributed by atoms with Crippen molar-refractivity contribution in [2.75, 3.05) is 50.7 Å². The fourth-order valence-electron chi connectivity index (χ4n) is 5.03. The van der Waals surface area contributed by atoms with Crippen molar-refractivity contribution >= 4 is 28.3 Å². The number of hydrogen-bond acceptors (Lipinski definition) is 6. The SMILES string of the molecule is O=C(c1c[nH]c2ccc([N+](=O)[O-])cc12)N1CCCC(CN2CCN(c3ccccn3)CC2)C1. The Morgan fingerprint density at radius 2 is 2.00 bits per heavy atom. The number of anilines is 1. The zero-order chi connectivity index (χ0) is 22.8. The average molecular weight is 449 g/mol. The Morgan fingerprint density at radius 1 is 1.15 bits per heavy atom. The molecule has 5 rings (SSSR count). The van der Waals surface area contributed by atoms with Crippen molar-refractivity contribution < 1.29 is 9.72 Å². The van der Waals surface area contributed by atoms with E-state index in [1.54, 1.807) is 12.3 Å². The molecule has 33 heavy (non-hydrogen) atoms. The second kappa shape index (κ2) is 9.19. The molecule has 2 saturated heterocycles. The first kappa shape index (κ1) is 21.4. The third kappa shape index (κ3) is 4.54. The number of carbonyl (C=O) groups excluding carboxylic acids is 1. The van der Waals surface area contributed by atoms with Crippen molar-refractivity contribution in [2.45, 2.75) is 12.8 Å². The standard InChI is InChI=1S/C24H28N6O3/c31-24(21-15-26-22-7-6-19(30(32)33)14-20(21)22)29-9-3-4-18(17-29)16-27-10-12-28(13-11-27)23-5-1-2-8-25-23/h1-2,5-8,14-15,18,26H,3-4,9-13,16-17H2. The van der Waals surface area contributed by atoms with Gasteiger partial charge < -0.3 is 14.8 Å². The number of nitro groups is 1. The molecule has 1 atom stereocenters. The van der Waals surface area contributed by atoms with E-state index in [4.69, 9.17) is 0 Å². The Kier molecular flexibility index (Phi) is 5.95. The van der Waals surface area contributed by atoms with Crippen molar-refractivity contribution in [1.82, 2.24) is 19.8 Å². The van der Waals surface area contributed by atoms with Crippen molar-refractivity contribution in [3.05, 3.63) is 64.5 Å². The summed E-state index contributed by atoms with van der Waals surface area (Å²) in [4.78, 5) is 38.3. The molecule has 2 fully saturated rings. The summed E-state index contributed by atoms with van der Waals surface area (Å²) in [5, 5.41) is 11.8. The predicted octanol–water partition coefficient (Wildman–Crippen LogP) is 3.15. The molecule has 0 saturated carbocycles. The maximum absolute atomic E-state index is 13.3. The molecule has 0 aliphatic carbocycles. The summed E-state index contributed by atoms with van der Waals surface area (Å²) in [6.07, 6.45) is 5.61. The molecule has 0 spiro atoms. The molecule has 1 amide bonds. The van der Waals surface area contributed by atoms with Crippen LogP contribution in [0.5, 0.6) is 0 Å². The van der Waals surface area contributed by atoms with Gasteiger partial charge in [-0.25, -0.2) is 4.98 Å². The lowest BCUT2D eigenvalue weighted by Crippen LogP contribution is -2.50. The molecular formula is C24H28N6O3. The molecule has 9 nitrogen and oxygen atoms in total. The van der Waals surface area contributed by atoms with Gasteiger partial charge in [-0.15, -0.1) is 0 Å². The molecule has 3 aromatic rings. The lowest BCUT2D eigenvalue weighted by atomic mass is 9.96. The van der Waals surface area contributed by atoms with Gasteiger partial charge >= 0.3 is 0 Å². The maximum Gasteiger partial charge on any atom is 0.270 e. The molecule has 1 aromatic carbocycles. The molecule has 0 radical (unpaired) electrons. The Hall–Kier alpha value is -3.46. The fraction of sp³-hybridized carbons (Fsp3) is 0.417. The van der Waals surface area contributed by atoms with Gasteiger partial charge in [-0.05, 0) is 37.0 Å². The number of hydrogen-bond donors (Lipinski definition) is 1. The Bertz CT molecular complexity index is 1140. The highest BCUT2D eigenvalue weighted by molar-refractivity contribution is 6.07. The highest BCUT2D eigenvalue weighted by Crippen LogP contribution is 2.27. The largest absolute Gasteiger partial charge is 0.360 e. The number of fused-ring (bicyclic) bond motifs is 1. The average Bonchev–Trinajstić information content (AvgIpc) is 3.28. The normalized spacial score (nSPS) is 19.7. The van der Waals surface area contributed by atoms with E-state index in [1.165, 1.54) is 12.1 Å². The minimum atomic E-state index is -0.425. The van der Waals surface area contributed by atoms with Gasteiger partial charge in [0.25, 0.3) is 11.6 Å². The number of nitrogens with zero attached hydrogens (tertiary/aromatic N) is 5. The van der Waals surface area contributed by atoms with Gasteiger partial charge in [0, 0.05) is 81.2 Å². The number of aromatic nitrogens is 2. The number of pyridine rings is 1. The van der Waals surface area contributed by atoms with Gasteiger partial charge in [0.2, 0.25) is 0 Å². The highest BCUT2D eigenvalue weighted by atomic mass is 16.6. The van der Waals surface area contributed by atoms with Crippen LogP contribution in [0.2, 0.25) is 0 Å². The second-order valence-electron chi connectivity index (χ2n) is 8.92. The van der Waals surface area contributed by atoms with Crippen LogP contribution in [0.1, 0.15) is 23.2 Å². The molecule has 9 heteroatoms. The number of piperazine rings is 1. The van der Waals surface area contributed by atoms with Crippen LogP contribution < -0.4 is 4.90 Å². The number of H-pyrrole nitrogens is 1. The van der Waals surface area contributed by atoms with Gasteiger partial charge in [0.1, 0.15) is 5.82 Å². The van der Waals surface area contributed by atoms with Crippen molar-refractivity contribution in [3.63, 3.8) is 0 Å². The molecule has 1 N–H and O–H groups in total. The van der Waals surface area contributed by atoms with Crippen LogP contribution in [0.15, 0.2) is 48.8 Å². The fourth-order valence-corrected chi connectivity index (χ4v) is 5.03. The van der Waals surface area contributed by atoms with E-state index < -0.39 is 4.92 Å². The van der Waals surface area contributed by atoms with E-state index >= 15 is 0 Å². The second-order valence-corrected chi connectivity index (χ2v) is 8.92. The monoisotopic (exact) mass is 448 g/mol. The summed E-state index contributed by atoms with van der Waals surface area (Å²) < 4.78 is 0. The van der Waals surface area contributed by atoms with E-state index in [0.29, 0.717) is 16.9 Å². The molecule has 0 bridgehead atoms. The predicted molar refractivity (Wildman–Crippen MR) is 126 cm³/mol. The van der Waals surface area contributed by atoms with Gasteiger partial charge in [-0.1, -0.05) is 6.07 Å². The quantitative estimate of drug-likeness (QED) is 0.476. The topological polar surface area (TPSA) is 98.6 Å². The van der Waals surface area contributed by atoms with Crippen LogP contribution in [0.25, 0.3) is 10.9 Å². The summed E-state index contributed by atoms with van der Waals surface area (Å²) in [6.45, 7) is 6.34. The molecule has 4 heterocycles. The van der Waals surface area contributed by atoms with Gasteiger partial charge in [-0.2, -0.15) is 0 Å². The Balaban J connectivity index is 1.21. The van der Waals surface area contributed by atoms with Crippen LogP contribution in [0.4, 0.5) is 11.5 Å². The number of non-ortho nitro benzene ring substituents is 1. The Morgan fingerprint density at radius 3 is 2.76 bits per heavy atom. The van der Waals surface area contributed by atoms with Gasteiger partial charge in [0.15, 0.2) is 0 Å². The van der Waals surface area contributed by atoms with Crippen LogP contribution in [0.3, 0.4) is 0 Å². The van der Waals surface area contributed by atoms with E-state index in [1.807, 2.05) is 23.2 Å². The zero-order valence-corrected chi connectivity index (χ0v) is 18.5. The minimum absolute atomic E-state index is 0.00230. The number of rotatable bonds is 5. The highest BCUT2D eigenvalue weighted by Gasteiger charge is 2.28.